The van der Waals surface area contributed by atoms with Crippen LogP contribution in [0, 0.1) is 0 Å². The zero-order valence-electron chi connectivity index (χ0n) is 9.18. The number of rotatable bonds is 3. The molecule has 0 aliphatic carbocycles. The van der Waals surface area contributed by atoms with Crippen molar-refractivity contribution in [3.05, 3.63) is 64.7 Å². The van der Waals surface area contributed by atoms with Crippen LogP contribution >= 0.6 is 11.6 Å². The molecule has 0 fully saturated rings. The van der Waals surface area contributed by atoms with Crippen molar-refractivity contribution in [2.75, 3.05) is 0 Å². The van der Waals surface area contributed by atoms with E-state index < -0.39 is 6.10 Å². The molecule has 0 bridgehead atoms. The van der Waals surface area contributed by atoms with E-state index in [1.54, 1.807) is 12.1 Å². The third-order valence-electron chi connectivity index (χ3n) is 2.62. The number of phenols is 1. The van der Waals surface area contributed by atoms with E-state index in [1.807, 2.05) is 30.3 Å². The lowest BCUT2D eigenvalue weighted by atomic mass is 10.0. The minimum atomic E-state index is -0.754. The number of aliphatic hydroxyl groups is 1. The molecule has 0 radical (unpaired) electrons. The van der Waals surface area contributed by atoms with Gasteiger partial charge >= 0.3 is 0 Å². The highest BCUT2D eigenvalue weighted by molar-refractivity contribution is 6.30. The van der Waals surface area contributed by atoms with E-state index in [2.05, 4.69) is 0 Å². The molecule has 2 N–H and O–H groups in total. The van der Waals surface area contributed by atoms with Crippen molar-refractivity contribution in [2.45, 2.75) is 12.5 Å². The summed E-state index contributed by atoms with van der Waals surface area (Å²) in [6.07, 6.45) is -0.300. The highest BCUT2D eigenvalue weighted by Gasteiger charge is 2.13. The molecule has 3 heteroatoms. The van der Waals surface area contributed by atoms with Gasteiger partial charge in [0, 0.05) is 17.0 Å². The fourth-order valence-electron chi connectivity index (χ4n) is 1.74. The summed E-state index contributed by atoms with van der Waals surface area (Å²) in [5, 5.41) is 20.2. The first-order valence-electron chi connectivity index (χ1n) is 5.37. The number of aliphatic hydroxyl groups excluding tert-OH is 1. The van der Waals surface area contributed by atoms with Gasteiger partial charge in [-0.15, -0.1) is 0 Å². The molecule has 0 aliphatic heterocycles. The number of halogens is 1. The molecule has 0 saturated carbocycles. The molecular weight excluding hydrogens is 236 g/mol. The van der Waals surface area contributed by atoms with E-state index in [4.69, 9.17) is 11.6 Å². The molecule has 0 amide bonds. The Morgan fingerprint density at radius 1 is 1.06 bits per heavy atom. The highest BCUT2D eigenvalue weighted by atomic mass is 35.5. The predicted molar refractivity (Wildman–Crippen MR) is 68.2 cm³/mol. The standard InChI is InChI=1S/C14H13ClO2/c15-11-6-7-13(16)12(9-11)14(17)8-10-4-2-1-3-5-10/h1-7,9,14,16-17H,8H2/t14-/m1/s1. The van der Waals surface area contributed by atoms with E-state index in [1.165, 1.54) is 6.07 Å². The molecule has 2 nitrogen and oxygen atoms in total. The van der Waals surface area contributed by atoms with Crippen molar-refractivity contribution in [2.24, 2.45) is 0 Å². The summed E-state index contributed by atoms with van der Waals surface area (Å²) in [5.74, 6) is 0.0674. The Balaban J connectivity index is 2.20. The number of hydrogen-bond donors (Lipinski definition) is 2. The lowest BCUT2D eigenvalue weighted by Crippen LogP contribution is -2.02. The topological polar surface area (TPSA) is 40.5 Å². The Bertz CT molecular complexity index is 497. The van der Waals surface area contributed by atoms with Gasteiger partial charge in [0.25, 0.3) is 0 Å². The molecule has 0 unspecified atom stereocenters. The van der Waals surface area contributed by atoms with Crippen LogP contribution < -0.4 is 0 Å². The van der Waals surface area contributed by atoms with Gasteiger partial charge in [-0.25, -0.2) is 0 Å². The smallest absolute Gasteiger partial charge is 0.121 e. The molecule has 0 heterocycles. The molecular formula is C14H13ClO2. The normalized spacial score (nSPS) is 12.4. The van der Waals surface area contributed by atoms with E-state index in [0.717, 1.165) is 5.56 Å². The summed E-state index contributed by atoms with van der Waals surface area (Å²) in [6, 6.07) is 14.3. The Hall–Kier alpha value is -1.51. The first kappa shape index (κ1) is 12.0. The Kier molecular flexibility index (Phi) is 3.67. The van der Waals surface area contributed by atoms with Gasteiger partial charge < -0.3 is 10.2 Å². The summed E-state index contributed by atoms with van der Waals surface area (Å²) in [4.78, 5) is 0. The minimum Gasteiger partial charge on any atom is -0.508 e. The van der Waals surface area contributed by atoms with Crippen LogP contribution in [0.2, 0.25) is 5.02 Å². The molecule has 0 aliphatic rings. The van der Waals surface area contributed by atoms with Crippen LogP contribution in [0.3, 0.4) is 0 Å². The van der Waals surface area contributed by atoms with Gasteiger partial charge in [0.15, 0.2) is 0 Å². The van der Waals surface area contributed by atoms with Gasteiger partial charge in [-0.2, -0.15) is 0 Å². The van der Waals surface area contributed by atoms with Crippen molar-refractivity contribution in [3.63, 3.8) is 0 Å². The number of phenolic OH excluding ortho intramolecular Hbond substituents is 1. The second-order valence-corrected chi connectivity index (χ2v) is 4.35. The SMILES string of the molecule is Oc1ccc(Cl)cc1[C@H](O)Cc1ccccc1. The van der Waals surface area contributed by atoms with Crippen molar-refractivity contribution in [1.82, 2.24) is 0 Å². The summed E-state index contributed by atoms with van der Waals surface area (Å²) < 4.78 is 0. The van der Waals surface area contributed by atoms with Gasteiger partial charge in [-0.1, -0.05) is 41.9 Å². The maximum absolute atomic E-state index is 10.1. The average molecular weight is 249 g/mol. The number of aromatic hydroxyl groups is 1. The second-order valence-electron chi connectivity index (χ2n) is 3.91. The molecule has 88 valence electrons. The second kappa shape index (κ2) is 5.21. The largest absolute Gasteiger partial charge is 0.508 e. The highest BCUT2D eigenvalue weighted by Crippen LogP contribution is 2.29. The predicted octanol–water partition coefficient (Wildman–Crippen LogP) is 3.32. The van der Waals surface area contributed by atoms with Crippen molar-refractivity contribution in [3.8, 4) is 5.75 Å². The number of hydrogen-bond acceptors (Lipinski definition) is 2. The monoisotopic (exact) mass is 248 g/mol. The zero-order chi connectivity index (χ0) is 12.3. The molecule has 2 rings (SSSR count). The van der Waals surface area contributed by atoms with Crippen LogP contribution in [0.15, 0.2) is 48.5 Å². The van der Waals surface area contributed by atoms with E-state index in [9.17, 15) is 10.2 Å². The molecule has 0 aromatic heterocycles. The van der Waals surface area contributed by atoms with Crippen LogP contribution in [-0.4, -0.2) is 10.2 Å². The summed E-state index contributed by atoms with van der Waals surface area (Å²) >= 11 is 5.84. The minimum absolute atomic E-state index is 0.0674. The molecule has 2 aromatic carbocycles. The molecule has 0 saturated heterocycles. The van der Waals surface area contributed by atoms with Crippen LogP contribution in [0.5, 0.6) is 5.75 Å². The van der Waals surface area contributed by atoms with Gasteiger partial charge in [0.2, 0.25) is 0 Å². The Morgan fingerprint density at radius 3 is 2.47 bits per heavy atom. The molecule has 1 atom stereocenters. The van der Waals surface area contributed by atoms with Crippen LogP contribution in [-0.2, 0) is 6.42 Å². The lowest BCUT2D eigenvalue weighted by molar-refractivity contribution is 0.174. The Morgan fingerprint density at radius 2 is 1.76 bits per heavy atom. The number of benzene rings is 2. The average Bonchev–Trinajstić information content (AvgIpc) is 2.33. The van der Waals surface area contributed by atoms with Crippen LogP contribution in [0.4, 0.5) is 0 Å². The molecule has 2 aromatic rings. The maximum atomic E-state index is 10.1. The first-order chi connectivity index (χ1) is 8.16. The maximum Gasteiger partial charge on any atom is 0.121 e. The zero-order valence-corrected chi connectivity index (χ0v) is 9.93. The third-order valence-corrected chi connectivity index (χ3v) is 2.86. The van der Waals surface area contributed by atoms with Crippen molar-refractivity contribution < 1.29 is 10.2 Å². The van der Waals surface area contributed by atoms with Gasteiger partial charge in [-0.05, 0) is 23.8 Å². The first-order valence-corrected chi connectivity index (χ1v) is 5.75. The third kappa shape index (κ3) is 2.99. The lowest BCUT2D eigenvalue weighted by Gasteiger charge is -2.13. The summed E-state index contributed by atoms with van der Waals surface area (Å²) in [6.45, 7) is 0. The van der Waals surface area contributed by atoms with Gasteiger partial charge in [0.05, 0.1) is 6.10 Å². The van der Waals surface area contributed by atoms with Gasteiger partial charge in [0.1, 0.15) is 5.75 Å². The fraction of sp³-hybridized carbons (Fsp3) is 0.143. The van der Waals surface area contributed by atoms with E-state index in [-0.39, 0.29) is 5.75 Å². The van der Waals surface area contributed by atoms with Crippen LogP contribution in [0.25, 0.3) is 0 Å². The van der Waals surface area contributed by atoms with Gasteiger partial charge in [-0.3, -0.25) is 0 Å². The quantitative estimate of drug-likeness (QED) is 0.875. The molecule has 17 heavy (non-hydrogen) atoms. The van der Waals surface area contributed by atoms with Crippen molar-refractivity contribution in [1.29, 1.82) is 0 Å². The fourth-order valence-corrected chi connectivity index (χ4v) is 1.92. The Labute approximate surface area is 105 Å². The summed E-state index contributed by atoms with van der Waals surface area (Å²) in [7, 11) is 0. The molecule has 0 spiro atoms. The van der Waals surface area contributed by atoms with Crippen LogP contribution in [0.1, 0.15) is 17.2 Å². The summed E-state index contributed by atoms with van der Waals surface area (Å²) in [5.41, 5.74) is 1.47. The van der Waals surface area contributed by atoms with Crippen molar-refractivity contribution >= 4 is 11.6 Å². The van der Waals surface area contributed by atoms with E-state index in [0.29, 0.717) is 17.0 Å². The van der Waals surface area contributed by atoms with E-state index >= 15 is 0 Å².